The van der Waals surface area contributed by atoms with E-state index in [0.717, 1.165) is 11.1 Å². The van der Waals surface area contributed by atoms with Gasteiger partial charge in [-0.15, -0.1) is 12.4 Å². The van der Waals surface area contributed by atoms with Gasteiger partial charge in [-0.3, -0.25) is 4.79 Å². The summed E-state index contributed by atoms with van der Waals surface area (Å²) in [7, 11) is 0. The predicted molar refractivity (Wildman–Crippen MR) is 125 cm³/mol. The van der Waals surface area contributed by atoms with Crippen molar-refractivity contribution >= 4 is 53.2 Å². The molecule has 1 heterocycles. The number of nitrogens with one attached hydrogen (secondary N) is 2. The van der Waals surface area contributed by atoms with Crippen LogP contribution in [-0.4, -0.2) is 29.6 Å². The van der Waals surface area contributed by atoms with Gasteiger partial charge < -0.3 is 21.5 Å². The van der Waals surface area contributed by atoms with E-state index in [0.29, 0.717) is 34.3 Å². The number of rotatable bonds is 5. The van der Waals surface area contributed by atoms with E-state index in [1.54, 1.807) is 12.1 Å². The van der Waals surface area contributed by atoms with E-state index in [2.05, 4.69) is 22.5 Å². The summed E-state index contributed by atoms with van der Waals surface area (Å²) in [6.07, 6.45) is 0.943. The highest BCUT2D eigenvalue weighted by Crippen LogP contribution is 2.39. The highest BCUT2D eigenvalue weighted by molar-refractivity contribution is 6.35. The van der Waals surface area contributed by atoms with Crippen LogP contribution in [0.15, 0.2) is 36.4 Å². The van der Waals surface area contributed by atoms with Crippen molar-refractivity contribution in [3.63, 3.8) is 0 Å². The van der Waals surface area contributed by atoms with Gasteiger partial charge in [0.05, 0.1) is 19.0 Å². The summed E-state index contributed by atoms with van der Waals surface area (Å²) in [4.78, 5) is 24.2. The molecule has 6 nitrogen and oxygen atoms in total. The first-order valence-electron chi connectivity index (χ1n) is 9.38. The number of hydrogen-bond acceptors (Lipinski definition) is 4. The van der Waals surface area contributed by atoms with E-state index in [-0.39, 0.29) is 31.2 Å². The Bertz CT molecular complexity index is 1020. The average molecular weight is 483 g/mol. The van der Waals surface area contributed by atoms with Crippen LogP contribution in [0.3, 0.4) is 0 Å². The molecule has 164 valence electrons. The first kappa shape index (κ1) is 24.8. The molecule has 1 amide bonds. The van der Waals surface area contributed by atoms with E-state index in [1.165, 1.54) is 0 Å². The van der Waals surface area contributed by atoms with E-state index < -0.39 is 18.1 Å². The van der Waals surface area contributed by atoms with Gasteiger partial charge in [0.25, 0.3) is 0 Å². The van der Waals surface area contributed by atoms with Gasteiger partial charge in [0.15, 0.2) is 0 Å². The number of carbonyl (C=O) groups excluding carboxylic acids is 1. The number of halogens is 3. The van der Waals surface area contributed by atoms with Gasteiger partial charge in [0.2, 0.25) is 5.91 Å². The topological polar surface area (TPSA) is 104 Å². The number of benzene rings is 2. The molecule has 2 aromatic rings. The van der Waals surface area contributed by atoms with Crippen molar-refractivity contribution in [3.8, 4) is 11.8 Å². The number of anilines is 1. The summed E-state index contributed by atoms with van der Waals surface area (Å²) in [6, 6.07) is 9.40. The lowest BCUT2D eigenvalue weighted by Crippen LogP contribution is -2.41. The number of amides is 1. The van der Waals surface area contributed by atoms with Crippen molar-refractivity contribution in [1.82, 2.24) is 5.32 Å². The third-order valence-electron chi connectivity index (χ3n) is 4.78. The third kappa shape index (κ3) is 6.52. The normalized spacial score (nSPS) is 16.6. The fraction of sp³-hybridized carbons (Fsp3) is 0.273. The van der Waals surface area contributed by atoms with Crippen molar-refractivity contribution in [2.24, 2.45) is 5.73 Å². The van der Waals surface area contributed by atoms with Crippen molar-refractivity contribution in [3.05, 3.63) is 63.1 Å². The summed E-state index contributed by atoms with van der Waals surface area (Å²) < 4.78 is 0. The average Bonchev–Trinajstić information content (AvgIpc) is 2.68. The van der Waals surface area contributed by atoms with Crippen LogP contribution >= 0.6 is 35.6 Å². The lowest BCUT2D eigenvalue weighted by Gasteiger charge is -2.32. The van der Waals surface area contributed by atoms with Gasteiger partial charge in [-0.25, -0.2) is 4.79 Å². The maximum Gasteiger partial charge on any atom is 0.326 e. The zero-order chi connectivity index (χ0) is 21.7. The van der Waals surface area contributed by atoms with Crippen molar-refractivity contribution in [2.45, 2.75) is 31.3 Å². The molecule has 0 saturated heterocycles. The number of carboxylic acids is 1. The van der Waals surface area contributed by atoms with Crippen LogP contribution in [0.1, 0.15) is 29.2 Å². The minimum Gasteiger partial charge on any atom is -0.480 e. The number of aliphatic carboxylic acids is 1. The first-order chi connectivity index (χ1) is 14.4. The summed E-state index contributed by atoms with van der Waals surface area (Å²) in [6.45, 7) is 0.330. The molecule has 0 spiro atoms. The molecular formula is C22H22Cl3N3O3. The second kappa shape index (κ2) is 11.3. The Kier molecular flexibility index (Phi) is 9.02. The number of nitrogens with two attached hydrogens (primary N) is 1. The van der Waals surface area contributed by atoms with Crippen molar-refractivity contribution < 1.29 is 14.7 Å². The lowest BCUT2D eigenvalue weighted by atomic mass is 9.92. The number of fused-ring (bicyclic) bond motifs is 1. The highest BCUT2D eigenvalue weighted by atomic mass is 35.5. The second-order valence-electron chi connectivity index (χ2n) is 6.97. The maximum absolute atomic E-state index is 12.7. The van der Waals surface area contributed by atoms with Crippen molar-refractivity contribution in [1.29, 1.82) is 0 Å². The van der Waals surface area contributed by atoms with Gasteiger partial charge in [-0.2, -0.15) is 0 Å². The lowest BCUT2D eigenvalue weighted by molar-refractivity contribution is -0.138. The minimum absolute atomic E-state index is 0. The molecule has 2 atom stereocenters. The molecule has 2 unspecified atom stereocenters. The van der Waals surface area contributed by atoms with Crippen molar-refractivity contribution in [2.75, 3.05) is 11.9 Å². The predicted octanol–water partition coefficient (Wildman–Crippen LogP) is 3.59. The highest BCUT2D eigenvalue weighted by Gasteiger charge is 2.33. The summed E-state index contributed by atoms with van der Waals surface area (Å²) >= 11 is 12.4. The Hall–Kier alpha value is -2.43. The molecule has 0 radical (unpaired) electrons. The molecule has 0 aliphatic carbocycles. The van der Waals surface area contributed by atoms with Crippen LogP contribution in [0, 0.1) is 11.8 Å². The standard InChI is InChI=1S/C22H21Cl2N3O3.ClH/c23-15-10-16(24)21-17(11-15)26-19(22(29)30)12-18(21)27-20(28)9-14-6-4-13(5-7-14)3-1-2-8-25;/h4-7,10-11,18-19,26H,3,8-9,12,25H2,(H,27,28)(H,29,30);1H. The van der Waals surface area contributed by atoms with Gasteiger partial charge in [0.1, 0.15) is 6.04 Å². The largest absolute Gasteiger partial charge is 0.480 e. The molecule has 31 heavy (non-hydrogen) atoms. The molecule has 1 aliphatic rings. The van der Waals surface area contributed by atoms with Gasteiger partial charge in [-0.05, 0) is 23.3 Å². The van der Waals surface area contributed by atoms with Gasteiger partial charge in [0, 0.05) is 34.1 Å². The van der Waals surface area contributed by atoms with E-state index in [1.807, 2.05) is 24.3 Å². The molecule has 0 saturated carbocycles. The van der Waals surface area contributed by atoms with Crippen LogP contribution in [0.4, 0.5) is 5.69 Å². The zero-order valence-electron chi connectivity index (χ0n) is 16.5. The summed E-state index contributed by atoms with van der Waals surface area (Å²) in [5.41, 5.74) is 8.39. The number of carbonyl (C=O) groups is 2. The molecule has 0 fully saturated rings. The Morgan fingerprint density at radius 3 is 2.48 bits per heavy atom. The molecule has 2 aromatic carbocycles. The van der Waals surface area contributed by atoms with Gasteiger partial charge >= 0.3 is 5.97 Å². The van der Waals surface area contributed by atoms with E-state index in [4.69, 9.17) is 28.9 Å². The maximum atomic E-state index is 12.7. The van der Waals surface area contributed by atoms with Crippen LogP contribution in [-0.2, 0) is 22.4 Å². The number of carboxylic acid groups (broad SMARTS) is 1. The minimum atomic E-state index is -1.01. The SMILES string of the molecule is Cl.NCC#CCc1ccc(CC(=O)NC2CC(C(=O)O)Nc3cc(Cl)cc(Cl)c32)cc1. The summed E-state index contributed by atoms with van der Waals surface area (Å²) in [5.74, 6) is 4.55. The molecule has 5 N–H and O–H groups in total. The quantitative estimate of drug-likeness (QED) is 0.488. The molecular weight excluding hydrogens is 461 g/mol. The Morgan fingerprint density at radius 1 is 1.16 bits per heavy atom. The fourth-order valence-corrected chi connectivity index (χ4v) is 4.02. The van der Waals surface area contributed by atoms with Crippen LogP contribution in [0.5, 0.6) is 0 Å². The van der Waals surface area contributed by atoms with E-state index in [9.17, 15) is 14.7 Å². The molecule has 1 aliphatic heterocycles. The Balaban J connectivity index is 0.00000341. The molecule has 3 rings (SSSR count). The molecule has 0 bridgehead atoms. The zero-order valence-corrected chi connectivity index (χ0v) is 18.8. The monoisotopic (exact) mass is 481 g/mol. The number of hydrogen-bond donors (Lipinski definition) is 4. The van der Waals surface area contributed by atoms with Crippen LogP contribution in [0.25, 0.3) is 0 Å². The fourth-order valence-electron chi connectivity index (χ4n) is 3.39. The molecule has 0 aromatic heterocycles. The summed E-state index contributed by atoms with van der Waals surface area (Å²) in [5, 5.41) is 16.0. The van der Waals surface area contributed by atoms with Crippen LogP contribution in [0.2, 0.25) is 10.0 Å². The Labute approximate surface area is 196 Å². The Morgan fingerprint density at radius 2 is 1.84 bits per heavy atom. The smallest absolute Gasteiger partial charge is 0.326 e. The molecule has 9 heteroatoms. The second-order valence-corrected chi connectivity index (χ2v) is 7.81. The van der Waals surface area contributed by atoms with Crippen LogP contribution < -0.4 is 16.4 Å². The first-order valence-corrected chi connectivity index (χ1v) is 10.1. The van der Waals surface area contributed by atoms with E-state index >= 15 is 0 Å². The third-order valence-corrected chi connectivity index (χ3v) is 5.32. The van der Waals surface area contributed by atoms with Gasteiger partial charge in [-0.1, -0.05) is 59.3 Å².